The third kappa shape index (κ3) is 3.45. The highest BCUT2D eigenvalue weighted by Gasteiger charge is 2.57. The van der Waals surface area contributed by atoms with Gasteiger partial charge in [-0.15, -0.1) is 0 Å². The lowest BCUT2D eigenvalue weighted by Crippen LogP contribution is -2.54. The molecule has 0 aliphatic heterocycles. The van der Waals surface area contributed by atoms with E-state index in [2.05, 4.69) is 26.6 Å². The first-order valence-corrected chi connectivity index (χ1v) is 9.98. The van der Waals surface area contributed by atoms with Gasteiger partial charge in [-0.05, 0) is 68.6 Å². The van der Waals surface area contributed by atoms with Crippen molar-refractivity contribution in [3.8, 4) is 0 Å². The van der Waals surface area contributed by atoms with Crippen LogP contribution in [-0.4, -0.2) is 29.2 Å². The minimum Gasteiger partial charge on any atom is -0.354 e. The van der Waals surface area contributed by atoms with Gasteiger partial charge in [0.15, 0.2) is 0 Å². The second-order valence-corrected chi connectivity index (χ2v) is 10.4. The van der Waals surface area contributed by atoms with E-state index in [1.165, 1.54) is 38.5 Å². The topological polar surface area (TPSA) is 58.2 Å². The predicted molar refractivity (Wildman–Crippen MR) is 92.1 cm³/mol. The normalized spacial score (nSPS) is 40.9. The van der Waals surface area contributed by atoms with Crippen LogP contribution in [-0.2, 0) is 9.59 Å². The van der Waals surface area contributed by atoms with Crippen molar-refractivity contribution in [1.29, 1.82) is 0 Å². The largest absolute Gasteiger partial charge is 0.354 e. The molecule has 5 aliphatic rings. The van der Waals surface area contributed by atoms with E-state index in [0.29, 0.717) is 23.8 Å². The molecular weight excluding hydrogens is 356 g/mol. The molecule has 0 spiro atoms. The van der Waals surface area contributed by atoms with Gasteiger partial charge in [-0.2, -0.15) is 0 Å². The van der Waals surface area contributed by atoms with E-state index < -0.39 is 0 Å². The monoisotopic (exact) mass is 382 g/mol. The summed E-state index contributed by atoms with van der Waals surface area (Å²) < 4.78 is 0.315. The third-order valence-corrected chi connectivity index (χ3v) is 7.27. The summed E-state index contributed by atoms with van der Waals surface area (Å²) in [6.07, 6.45) is 10.4. The zero-order valence-electron chi connectivity index (χ0n) is 13.7. The van der Waals surface area contributed by atoms with Crippen molar-refractivity contribution >= 4 is 27.7 Å². The minimum absolute atomic E-state index is 0.154. The minimum atomic E-state index is 0.154. The van der Waals surface area contributed by atoms with Crippen LogP contribution in [0, 0.1) is 23.2 Å². The highest BCUT2D eigenvalue weighted by Crippen LogP contribution is 2.65. The molecule has 128 valence electrons. The van der Waals surface area contributed by atoms with Crippen molar-refractivity contribution in [3.63, 3.8) is 0 Å². The van der Waals surface area contributed by atoms with Crippen molar-refractivity contribution in [1.82, 2.24) is 10.6 Å². The maximum absolute atomic E-state index is 12.4. The van der Waals surface area contributed by atoms with Gasteiger partial charge in [0.2, 0.25) is 11.8 Å². The first-order valence-electron chi connectivity index (χ1n) is 9.19. The summed E-state index contributed by atoms with van der Waals surface area (Å²) in [5.74, 6) is 2.21. The van der Waals surface area contributed by atoms with Crippen LogP contribution in [0.15, 0.2) is 0 Å². The van der Waals surface area contributed by atoms with Crippen LogP contribution in [0.1, 0.15) is 57.8 Å². The van der Waals surface area contributed by atoms with Gasteiger partial charge in [0.05, 0.1) is 0 Å². The number of hydrogen-bond donors (Lipinski definition) is 2. The molecule has 4 nitrogen and oxygen atoms in total. The van der Waals surface area contributed by atoms with Gasteiger partial charge in [-0.1, -0.05) is 15.9 Å². The Morgan fingerprint density at radius 1 is 1.00 bits per heavy atom. The van der Waals surface area contributed by atoms with Crippen LogP contribution in [0.3, 0.4) is 0 Å². The number of rotatable bonds is 6. The molecule has 5 saturated carbocycles. The molecule has 0 aromatic carbocycles. The van der Waals surface area contributed by atoms with Gasteiger partial charge in [0, 0.05) is 29.8 Å². The Kier molecular flexibility index (Phi) is 3.98. The van der Waals surface area contributed by atoms with E-state index in [1.807, 2.05) is 0 Å². The first kappa shape index (κ1) is 15.9. The van der Waals surface area contributed by atoms with E-state index in [0.717, 1.165) is 24.7 Å². The highest BCUT2D eigenvalue weighted by molar-refractivity contribution is 9.10. The Labute approximate surface area is 146 Å². The Morgan fingerprint density at radius 2 is 1.65 bits per heavy atom. The second-order valence-electron chi connectivity index (χ2n) is 8.70. The van der Waals surface area contributed by atoms with Crippen molar-refractivity contribution in [2.45, 2.75) is 62.1 Å². The fourth-order valence-corrected chi connectivity index (χ4v) is 7.33. The van der Waals surface area contributed by atoms with Crippen LogP contribution in [0.5, 0.6) is 0 Å². The fourth-order valence-electron chi connectivity index (χ4n) is 5.82. The van der Waals surface area contributed by atoms with Crippen LogP contribution in [0.2, 0.25) is 0 Å². The van der Waals surface area contributed by atoms with E-state index in [1.54, 1.807) is 0 Å². The molecule has 2 unspecified atom stereocenters. The molecule has 2 amide bonds. The lowest BCUT2D eigenvalue weighted by Gasteiger charge is -2.60. The number of halogens is 1. The molecule has 5 fully saturated rings. The Hall–Kier alpha value is -0.580. The number of hydrogen-bond acceptors (Lipinski definition) is 2. The first-order chi connectivity index (χ1) is 11.0. The molecular formula is C18H27BrN2O2. The standard InChI is InChI=1S/C18H27BrN2O2/c19-18-8-12-5-13(9-18)7-17(6-12,11-18)10-15(22)20-3-4-21-16(23)14-1-2-14/h12-14H,1-11H2,(H,20,22)(H,21,23)/t12-,13+,17?,18?. The summed E-state index contributed by atoms with van der Waals surface area (Å²) in [5, 5.41) is 5.92. The molecule has 5 heteroatoms. The summed E-state index contributed by atoms with van der Waals surface area (Å²) in [4.78, 5) is 23.9. The van der Waals surface area contributed by atoms with Gasteiger partial charge in [-0.3, -0.25) is 9.59 Å². The molecule has 0 aromatic heterocycles. The molecule has 0 aromatic rings. The fraction of sp³-hybridized carbons (Fsp3) is 0.889. The molecule has 4 atom stereocenters. The average Bonchev–Trinajstić information content (AvgIpc) is 3.24. The molecule has 0 saturated heterocycles. The van der Waals surface area contributed by atoms with E-state index in [-0.39, 0.29) is 23.1 Å². The molecule has 5 aliphatic carbocycles. The second kappa shape index (κ2) is 5.75. The lowest BCUT2D eigenvalue weighted by molar-refractivity contribution is -0.128. The van der Waals surface area contributed by atoms with Gasteiger partial charge < -0.3 is 10.6 Å². The van der Waals surface area contributed by atoms with Crippen molar-refractivity contribution in [2.24, 2.45) is 23.2 Å². The van der Waals surface area contributed by atoms with Crippen molar-refractivity contribution in [2.75, 3.05) is 13.1 Å². The summed E-state index contributed by atoms with van der Waals surface area (Å²) in [6, 6.07) is 0. The smallest absolute Gasteiger partial charge is 0.223 e. The zero-order chi connectivity index (χ0) is 16.1. The quantitative estimate of drug-likeness (QED) is 0.548. The maximum atomic E-state index is 12.4. The summed E-state index contributed by atoms with van der Waals surface area (Å²) >= 11 is 4.00. The Balaban J connectivity index is 1.24. The molecule has 0 heterocycles. The average molecular weight is 383 g/mol. The summed E-state index contributed by atoms with van der Waals surface area (Å²) in [7, 11) is 0. The SMILES string of the molecule is O=C(CC12C[C@@H]3C[C@@H](CC(Br)(C3)C1)C2)NCCNC(=O)C1CC1. The number of alkyl halides is 1. The van der Waals surface area contributed by atoms with Gasteiger partial charge in [0.25, 0.3) is 0 Å². The Bertz CT molecular complexity index is 503. The highest BCUT2D eigenvalue weighted by atomic mass is 79.9. The van der Waals surface area contributed by atoms with Gasteiger partial charge >= 0.3 is 0 Å². The third-order valence-electron chi connectivity index (χ3n) is 6.34. The molecule has 2 N–H and O–H groups in total. The van der Waals surface area contributed by atoms with E-state index in [9.17, 15) is 9.59 Å². The summed E-state index contributed by atoms with van der Waals surface area (Å²) in [6.45, 7) is 1.11. The zero-order valence-corrected chi connectivity index (χ0v) is 15.3. The number of carbonyl (C=O) groups is 2. The predicted octanol–water partition coefficient (Wildman–Crippen LogP) is 2.75. The van der Waals surface area contributed by atoms with Gasteiger partial charge in [0.1, 0.15) is 0 Å². The van der Waals surface area contributed by atoms with E-state index >= 15 is 0 Å². The molecule has 4 bridgehead atoms. The lowest BCUT2D eigenvalue weighted by atomic mass is 9.48. The molecule has 0 radical (unpaired) electrons. The number of amides is 2. The van der Waals surface area contributed by atoms with Crippen LogP contribution >= 0.6 is 15.9 Å². The van der Waals surface area contributed by atoms with Crippen LogP contribution in [0.25, 0.3) is 0 Å². The van der Waals surface area contributed by atoms with Crippen molar-refractivity contribution < 1.29 is 9.59 Å². The number of nitrogens with one attached hydrogen (secondary N) is 2. The van der Waals surface area contributed by atoms with Gasteiger partial charge in [-0.25, -0.2) is 0 Å². The van der Waals surface area contributed by atoms with Crippen LogP contribution in [0.4, 0.5) is 0 Å². The van der Waals surface area contributed by atoms with E-state index in [4.69, 9.17) is 0 Å². The van der Waals surface area contributed by atoms with Crippen molar-refractivity contribution in [3.05, 3.63) is 0 Å². The Morgan fingerprint density at radius 3 is 2.26 bits per heavy atom. The number of carbonyl (C=O) groups excluding carboxylic acids is 2. The van der Waals surface area contributed by atoms with Crippen LogP contribution < -0.4 is 10.6 Å². The molecule has 5 rings (SSSR count). The molecule has 23 heavy (non-hydrogen) atoms. The summed E-state index contributed by atoms with van der Waals surface area (Å²) in [5.41, 5.74) is 0.231. The maximum Gasteiger partial charge on any atom is 0.223 e.